The first-order chi connectivity index (χ1) is 6.51. The van der Waals surface area contributed by atoms with Crippen LogP contribution in [0.3, 0.4) is 0 Å². The van der Waals surface area contributed by atoms with E-state index in [-0.39, 0.29) is 0 Å². The molecule has 0 radical (unpaired) electrons. The van der Waals surface area contributed by atoms with E-state index in [0.717, 1.165) is 12.2 Å². The molecule has 0 saturated carbocycles. The molecule has 7 heteroatoms. The Labute approximate surface area is 81.1 Å². The fourth-order valence-electron chi connectivity index (χ4n) is 0.902. The van der Waals surface area contributed by atoms with Crippen LogP contribution < -0.4 is 4.74 Å². The van der Waals surface area contributed by atoms with E-state index >= 15 is 0 Å². The van der Waals surface area contributed by atoms with Gasteiger partial charge in [0, 0.05) is 13.5 Å². The summed E-state index contributed by atoms with van der Waals surface area (Å²) in [7, 11) is 3.59. The van der Waals surface area contributed by atoms with Gasteiger partial charge >= 0.3 is 0 Å². The Hall–Kier alpha value is -1.79. The van der Waals surface area contributed by atoms with Gasteiger partial charge in [-0.05, 0) is 0 Å². The number of aryl methyl sites for hydroxylation is 2. The van der Waals surface area contributed by atoms with Gasteiger partial charge in [-0.3, -0.25) is 0 Å². The Kier molecular flexibility index (Phi) is 5.05. The summed E-state index contributed by atoms with van der Waals surface area (Å²) >= 11 is 0. The Bertz CT molecular complexity index is 293. The Morgan fingerprint density at radius 2 is 2.29 bits per heavy atom. The van der Waals surface area contributed by atoms with Crippen molar-refractivity contribution in [3.63, 3.8) is 0 Å². The molecule has 0 atom stereocenters. The molecule has 7 nitrogen and oxygen atoms in total. The molecule has 80 valence electrons. The van der Waals surface area contributed by atoms with E-state index in [1.54, 1.807) is 7.11 Å². The van der Waals surface area contributed by atoms with Crippen LogP contribution in [0.2, 0.25) is 0 Å². The van der Waals surface area contributed by atoms with Crippen molar-refractivity contribution in [1.82, 2.24) is 9.55 Å². The van der Waals surface area contributed by atoms with Crippen LogP contribution in [0.15, 0.2) is 6.20 Å². The van der Waals surface area contributed by atoms with Crippen molar-refractivity contribution in [3.8, 4) is 5.88 Å². The van der Waals surface area contributed by atoms with Crippen LogP contribution in [-0.2, 0) is 13.5 Å². The van der Waals surface area contributed by atoms with E-state index in [9.17, 15) is 0 Å². The van der Waals surface area contributed by atoms with Crippen molar-refractivity contribution in [2.24, 2.45) is 7.05 Å². The van der Waals surface area contributed by atoms with Crippen molar-refractivity contribution in [3.05, 3.63) is 22.1 Å². The lowest BCUT2D eigenvalue weighted by Crippen LogP contribution is -1.93. The molecule has 0 fully saturated rings. The van der Waals surface area contributed by atoms with Gasteiger partial charge < -0.3 is 14.5 Å². The Morgan fingerprint density at radius 1 is 1.79 bits per heavy atom. The summed E-state index contributed by atoms with van der Waals surface area (Å²) in [5, 5.41) is 13.6. The lowest BCUT2D eigenvalue weighted by molar-refractivity contribution is -0.742. The van der Waals surface area contributed by atoms with Gasteiger partial charge in [0.05, 0.1) is 13.3 Å². The highest BCUT2D eigenvalue weighted by Gasteiger charge is 2.00. The molecule has 0 spiro atoms. The third-order valence-corrected chi connectivity index (χ3v) is 1.48. The maximum atomic E-state index is 8.36. The molecule has 0 unspecified atom stereocenters. The zero-order valence-corrected chi connectivity index (χ0v) is 8.30. The number of ether oxygens (including phenoxy) is 1. The minimum Gasteiger partial charge on any atom is -0.480 e. The van der Waals surface area contributed by atoms with E-state index in [0.29, 0.717) is 5.88 Å². The van der Waals surface area contributed by atoms with Crippen LogP contribution in [0.5, 0.6) is 5.88 Å². The maximum absolute atomic E-state index is 8.36. The van der Waals surface area contributed by atoms with E-state index in [1.165, 1.54) is 0 Å². The minimum absolute atomic E-state index is 0.694. The van der Waals surface area contributed by atoms with Crippen LogP contribution in [0.4, 0.5) is 0 Å². The zero-order valence-electron chi connectivity index (χ0n) is 8.30. The average Bonchev–Trinajstić information content (AvgIpc) is 2.45. The van der Waals surface area contributed by atoms with Gasteiger partial charge in [0.2, 0.25) is 5.88 Å². The summed E-state index contributed by atoms with van der Waals surface area (Å²) in [6.07, 6.45) is 2.82. The number of imidazole rings is 1. The molecule has 0 bridgehead atoms. The topological polar surface area (TPSA) is 90.4 Å². The van der Waals surface area contributed by atoms with Crippen LogP contribution in [-0.4, -0.2) is 27.0 Å². The van der Waals surface area contributed by atoms with Crippen LogP contribution in [0.25, 0.3) is 0 Å². The number of hydrogen-bond donors (Lipinski definition) is 1. The average molecular weight is 203 g/mol. The zero-order chi connectivity index (χ0) is 11.1. The molecule has 1 rings (SSSR count). The molecule has 0 amide bonds. The predicted molar refractivity (Wildman–Crippen MR) is 47.9 cm³/mol. The lowest BCUT2D eigenvalue weighted by Gasteiger charge is -1.92. The standard InChI is InChI=1S/C7H12N2O.HNO3/c1-4-6-8-7(10-3)5-9(6)2;2-1(3)4/h5H,4H2,1-3H3;(H,2,3,4). The fourth-order valence-corrected chi connectivity index (χ4v) is 0.902. The van der Waals surface area contributed by atoms with Crippen molar-refractivity contribution < 1.29 is 15.0 Å². The van der Waals surface area contributed by atoms with Gasteiger partial charge in [-0.25, -0.2) is 0 Å². The number of aromatic nitrogens is 2. The molecule has 0 aromatic carbocycles. The van der Waals surface area contributed by atoms with E-state index in [1.807, 2.05) is 17.8 Å². The summed E-state index contributed by atoms with van der Waals surface area (Å²) in [5.41, 5.74) is 0. The van der Waals surface area contributed by atoms with Gasteiger partial charge in [-0.2, -0.15) is 4.98 Å². The van der Waals surface area contributed by atoms with Gasteiger partial charge in [0.25, 0.3) is 5.09 Å². The second kappa shape index (κ2) is 5.79. The number of hydrogen-bond acceptors (Lipinski definition) is 4. The fraction of sp³-hybridized carbons (Fsp3) is 0.571. The van der Waals surface area contributed by atoms with Crippen LogP contribution >= 0.6 is 0 Å². The normalized spacial score (nSPS) is 8.79. The van der Waals surface area contributed by atoms with Crippen LogP contribution in [0, 0.1) is 10.1 Å². The maximum Gasteiger partial charge on any atom is 0.291 e. The highest BCUT2D eigenvalue weighted by atomic mass is 16.9. The molecule has 0 aliphatic carbocycles. The molecular weight excluding hydrogens is 190 g/mol. The first-order valence-electron chi connectivity index (χ1n) is 3.90. The Morgan fingerprint density at radius 3 is 2.50 bits per heavy atom. The molecule has 0 saturated heterocycles. The summed E-state index contributed by atoms with van der Waals surface area (Å²) in [5.74, 6) is 1.75. The third kappa shape index (κ3) is 4.29. The van der Waals surface area contributed by atoms with Crippen molar-refractivity contribution >= 4 is 0 Å². The smallest absolute Gasteiger partial charge is 0.291 e. The van der Waals surface area contributed by atoms with Gasteiger partial charge in [0.1, 0.15) is 5.82 Å². The van der Waals surface area contributed by atoms with E-state index in [2.05, 4.69) is 11.9 Å². The summed E-state index contributed by atoms with van der Waals surface area (Å²) < 4.78 is 6.92. The first-order valence-corrected chi connectivity index (χ1v) is 3.90. The van der Waals surface area contributed by atoms with E-state index in [4.69, 9.17) is 20.1 Å². The third-order valence-electron chi connectivity index (χ3n) is 1.48. The molecule has 0 aliphatic rings. The van der Waals surface area contributed by atoms with Gasteiger partial charge in [0.15, 0.2) is 0 Å². The lowest BCUT2D eigenvalue weighted by atomic mass is 10.5. The summed E-state index contributed by atoms with van der Waals surface area (Å²) in [4.78, 5) is 12.5. The molecule has 0 aliphatic heterocycles. The van der Waals surface area contributed by atoms with Gasteiger partial charge in [-0.15, -0.1) is 10.1 Å². The second-order valence-corrected chi connectivity index (χ2v) is 2.40. The molecule has 1 heterocycles. The van der Waals surface area contributed by atoms with Crippen molar-refractivity contribution in [2.45, 2.75) is 13.3 Å². The molecule has 1 N–H and O–H groups in total. The molecule has 14 heavy (non-hydrogen) atoms. The monoisotopic (exact) mass is 203 g/mol. The largest absolute Gasteiger partial charge is 0.480 e. The van der Waals surface area contributed by atoms with Gasteiger partial charge in [-0.1, -0.05) is 6.92 Å². The molecule has 1 aromatic rings. The Balaban J connectivity index is 0.000000364. The van der Waals surface area contributed by atoms with Crippen LogP contribution in [0.1, 0.15) is 12.7 Å². The van der Waals surface area contributed by atoms with Crippen molar-refractivity contribution in [2.75, 3.05) is 7.11 Å². The molecular formula is C7H13N3O4. The minimum atomic E-state index is -1.50. The molecule has 1 aromatic heterocycles. The van der Waals surface area contributed by atoms with E-state index < -0.39 is 5.09 Å². The number of methoxy groups -OCH3 is 1. The first kappa shape index (κ1) is 12.2. The second-order valence-electron chi connectivity index (χ2n) is 2.40. The summed E-state index contributed by atoms with van der Waals surface area (Å²) in [6.45, 7) is 2.07. The highest BCUT2D eigenvalue weighted by molar-refractivity contribution is 5.08. The number of rotatable bonds is 2. The van der Waals surface area contributed by atoms with Crippen molar-refractivity contribution in [1.29, 1.82) is 0 Å². The quantitative estimate of drug-likeness (QED) is 0.562. The predicted octanol–water partition coefficient (Wildman–Crippen LogP) is 0.643. The summed E-state index contributed by atoms with van der Waals surface area (Å²) in [6, 6.07) is 0. The number of nitrogens with zero attached hydrogens (tertiary/aromatic N) is 3. The SMILES string of the molecule is CCc1nc(OC)cn1C.O=[N+]([O-])O. The highest BCUT2D eigenvalue weighted by Crippen LogP contribution is 2.08.